The maximum Gasteiger partial charge on any atom is 0.519 e. The lowest BCUT2D eigenvalue weighted by molar-refractivity contribution is 0.133. The van der Waals surface area contributed by atoms with Crippen molar-refractivity contribution >= 4 is 29.8 Å². The van der Waals surface area contributed by atoms with E-state index in [-0.39, 0.29) is 0 Å². The average molecular weight is 418 g/mol. The maximum absolute atomic E-state index is 12.9. The molecule has 0 saturated carbocycles. The molecule has 0 amide bonds. The summed E-state index contributed by atoms with van der Waals surface area (Å²) in [7, 11) is 0. The molecule has 0 heterocycles. The van der Waals surface area contributed by atoms with Gasteiger partial charge in [0.2, 0.25) is 0 Å². The smallest absolute Gasteiger partial charge is 0.394 e. The van der Waals surface area contributed by atoms with Crippen molar-refractivity contribution < 1.29 is 14.3 Å². The fraction of sp³-hybridized carbons (Fsp3) is 0. The molecule has 0 fully saturated rings. The zero-order valence-electron chi connectivity index (χ0n) is 17.4. The predicted molar refractivity (Wildman–Crippen MR) is 129 cm³/mol. The number of hydrogen-bond donors (Lipinski definition) is 0. The van der Waals surface area contributed by atoms with E-state index in [1.165, 1.54) is 0 Å². The summed E-state index contributed by atoms with van der Waals surface area (Å²) in [5.74, 6) is 0.822. The van der Waals surface area contributed by atoms with E-state index in [0.717, 1.165) is 22.3 Å². The maximum atomic E-state index is 12.9. The molecule has 0 N–H and O–H groups in total. The normalized spacial score (nSPS) is 11.6. The van der Waals surface area contributed by atoms with Crippen LogP contribution in [0.15, 0.2) is 121 Å². The van der Waals surface area contributed by atoms with Crippen molar-refractivity contribution in [2.75, 3.05) is 0 Å². The van der Waals surface area contributed by atoms with Crippen LogP contribution in [0.3, 0.4) is 0 Å². The number of carbonyl (C=O) groups is 1. The largest absolute Gasteiger partial charge is 0.519 e. The van der Waals surface area contributed by atoms with Crippen LogP contribution in [0.2, 0.25) is 0 Å². The monoisotopic (exact) mass is 418 g/mol. The number of rotatable bonds is 6. The Morgan fingerprint density at radius 3 is 1.12 bits per heavy atom. The van der Waals surface area contributed by atoms with Gasteiger partial charge in [-0.2, -0.15) is 0 Å². The van der Waals surface area contributed by atoms with Crippen molar-refractivity contribution in [2.24, 2.45) is 0 Å². The summed E-state index contributed by atoms with van der Waals surface area (Å²) in [5, 5.41) is 0. The highest BCUT2D eigenvalue weighted by atomic mass is 16.7. The van der Waals surface area contributed by atoms with Crippen molar-refractivity contribution in [1.82, 2.24) is 0 Å². The predicted octanol–water partition coefficient (Wildman–Crippen LogP) is 7.54. The standard InChI is InChI=1S/C29H22O3/c30-29(31-27(25-17-9-3-10-18-25)21-23-13-5-1-6-14-23)32-28(26-19-11-4-12-20-26)22-24-15-7-2-8-16-24/h1-22H/b27-21-,28-22+. The molecule has 0 aliphatic carbocycles. The quantitative estimate of drug-likeness (QED) is 0.184. The van der Waals surface area contributed by atoms with E-state index in [9.17, 15) is 4.79 Å². The zero-order valence-corrected chi connectivity index (χ0v) is 17.4. The molecule has 3 nitrogen and oxygen atoms in total. The molecule has 0 atom stereocenters. The number of benzene rings is 4. The number of carbonyl (C=O) groups excluding carboxylic acids is 1. The van der Waals surface area contributed by atoms with Gasteiger partial charge in [-0.3, -0.25) is 0 Å². The fourth-order valence-electron chi connectivity index (χ4n) is 3.15. The third-order valence-corrected chi connectivity index (χ3v) is 4.70. The van der Waals surface area contributed by atoms with Crippen LogP contribution in [-0.4, -0.2) is 6.16 Å². The molecule has 0 radical (unpaired) electrons. The molecular formula is C29H22O3. The number of hydrogen-bond acceptors (Lipinski definition) is 3. The second-order valence-corrected chi connectivity index (χ2v) is 7.02. The van der Waals surface area contributed by atoms with E-state index in [1.54, 1.807) is 0 Å². The molecule has 0 aromatic heterocycles. The molecule has 4 rings (SSSR count). The van der Waals surface area contributed by atoms with Crippen molar-refractivity contribution in [3.63, 3.8) is 0 Å². The number of ether oxygens (including phenoxy) is 2. The van der Waals surface area contributed by atoms with Crippen LogP contribution in [0.25, 0.3) is 23.7 Å². The minimum absolute atomic E-state index is 0.411. The van der Waals surface area contributed by atoms with Crippen molar-refractivity contribution in [3.05, 3.63) is 144 Å². The van der Waals surface area contributed by atoms with E-state index in [2.05, 4.69) is 0 Å². The first-order chi connectivity index (χ1) is 15.8. The van der Waals surface area contributed by atoms with Gasteiger partial charge in [-0.1, -0.05) is 121 Å². The molecule has 0 bridgehead atoms. The van der Waals surface area contributed by atoms with Gasteiger partial charge in [-0.15, -0.1) is 0 Å². The van der Waals surface area contributed by atoms with Crippen LogP contribution in [0.1, 0.15) is 22.3 Å². The molecule has 3 heteroatoms. The summed E-state index contributed by atoms with van der Waals surface area (Å²) in [4.78, 5) is 12.9. The van der Waals surface area contributed by atoms with Crippen LogP contribution in [-0.2, 0) is 9.47 Å². The van der Waals surface area contributed by atoms with Gasteiger partial charge in [0.15, 0.2) is 0 Å². The van der Waals surface area contributed by atoms with Crippen LogP contribution in [0, 0.1) is 0 Å². The van der Waals surface area contributed by atoms with Crippen molar-refractivity contribution in [2.45, 2.75) is 0 Å². The zero-order chi connectivity index (χ0) is 22.0. The molecule has 0 spiro atoms. The van der Waals surface area contributed by atoms with Crippen molar-refractivity contribution in [3.8, 4) is 0 Å². The molecular weight excluding hydrogens is 396 g/mol. The summed E-state index contributed by atoms with van der Waals surface area (Å²) in [6, 6.07) is 38.4. The average Bonchev–Trinajstić information content (AvgIpc) is 2.86. The highest BCUT2D eigenvalue weighted by Gasteiger charge is 2.15. The molecule has 0 saturated heterocycles. The van der Waals surface area contributed by atoms with Gasteiger partial charge in [0.1, 0.15) is 11.5 Å². The van der Waals surface area contributed by atoms with Crippen LogP contribution < -0.4 is 0 Å². The Morgan fingerprint density at radius 2 is 0.781 bits per heavy atom. The Labute approximate surface area is 187 Å². The Morgan fingerprint density at radius 1 is 0.469 bits per heavy atom. The highest BCUT2D eigenvalue weighted by molar-refractivity contribution is 5.87. The van der Waals surface area contributed by atoms with Gasteiger partial charge in [0, 0.05) is 11.1 Å². The van der Waals surface area contributed by atoms with Gasteiger partial charge in [0.25, 0.3) is 0 Å². The lowest BCUT2D eigenvalue weighted by atomic mass is 10.1. The third kappa shape index (κ3) is 5.83. The Balaban J connectivity index is 1.62. The fourth-order valence-corrected chi connectivity index (χ4v) is 3.15. The summed E-state index contributed by atoms with van der Waals surface area (Å²) in [6.07, 6.45) is 2.83. The molecule has 0 aliphatic rings. The van der Waals surface area contributed by atoms with E-state index >= 15 is 0 Å². The van der Waals surface area contributed by atoms with Crippen LogP contribution in [0.4, 0.5) is 4.79 Å². The summed E-state index contributed by atoms with van der Waals surface area (Å²) in [6.45, 7) is 0. The second-order valence-electron chi connectivity index (χ2n) is 7.02. The minimum atomic E-state index is -0.804. The lowest BCUT2D eigenvalue weighted by Gasteiger charge is -2.12. The lowest BCUT2D eigenvalue weighted by Crippen LogP contribution is -2.07. The van der Waals surface area contributed by atoms with Gasteiger partial charge < -0.3 is 9.47 Å². The SMILES string of the molecule is O=C(O/C(=C\c1ccccc1)c1ccccc1)O/C(=C/c1ccccc1)c1ccccc1. The minimum Gasteiger partial charge on any atom is -0.394 e. The first kappa shape index (κ1) is 20.9. The summed E-state index contributed by atoms with van der Waals surface area (Å²) in [5.41, 5.74) is 3.40. The first-order valence-corrected chi connectivity index (χ1v) is 10.3. The van der Waals surface area contributed by atoms with E-state index in [4.69, 9.17) is 9.47 Å². The molecule has 156 valence electrons. The molecule has 0 aliphatic heterocycles. The van der Waals surface area contributed by atoms with Crippen LogP contribution in [0.5, 0.6) is 0 Å². The Hall–Kier alpha value is -4.37. The van der Waals surface area contributed by atoms with E-state index < -0.39 is 6.16 Å². The van der Waals surface area contributed by atoms with Crippen LogP contribution >= 0.6 is 0 Å². The van der Waals surface area contributed by atoms with E-state index in [1.807, 2.05) is 133 Å². The second kappa shape index (κ2) is 10.6. The van der Waals surface area contributed by atoms with Gasteiger partial charge in [-0.05, 0) is 23.3 Å². The van der Waals surface area contributed by atoms with Gasteiger partial charge in [-0.25, -0.2) is 4.79 Å². The molecule has 4 aromatic rings. The summed E-state index contributed by atoms with van der Waals surface area (Å²) >= 11 is 0. The molecule has 4 aromatic carbocycles. The topological polar surface area (TPSA) is 35.5 Å². The Bertz CT molecular complexity index is 1100. The van der Waals surface area contributed by atoms with Gasteiger partial charge >= 0.3 is 6.16 Å². The molecule has 32 heavy (non-hydrogen) atoms. The van der Waals surface area contributed by atoms with Gasteiger partial charge in [0.05, 0.1) is 0 Å². The molecule has 0 unspecified atom stereocenters. The first-order valence-electron chi connectivity index (χ1n) is 10.3. The highest BCUT2D eigenvalue weighted by Crippen LogP contribution is 2.24. The Kier molecular flexibility index (Phi) is 6.92. The van der Waals surface area contributed by atoms with E-state index in [0.29, 0.717) is 11.5 Å². The third-order valence-electron chi connectivity index (χ3n) is 4.70. The van der Waals surface area contributed by atoms with Crippen molar-refractivity contribution in [1.29, 1.82) is 0 Å². The summed E-state index contributed by atoms with van der Waals surface area (Å²) < 4.78 is 11.4.